The van der Waals surface area contributed by atoms with E-state index < -0.39 is 5.92 Å². The van der Waals surface area contributed by atoms with Crippen LogP contribution in [0.15, 0.2) is 58.4 Å². The number of allylic oxidation sites excluding steroid dienone is 1. The lowest BCUT2D eigenvalue weighted by Gasteiger charge is -2.26. The Morgan fingerprint density at radius 3 is 2.73 bits per heavy atom. The van der Waals surface area contributed by atoms with Crippen molar-refractivity contribution in [1.82, 2.24) is 10.2 Å². The third-order valence-electron chi connectivity index (χ3n) is 4.97. The molecule has 1 aromatic heterocycles. The molecule has 2 heterocycles. The molecule has 7 nitrogen and oxygen atoms in total. The number of rotatable bonds is 5. The normalized spacial score (nSPS) is 15.2. The van der Waals surface area contributed by atoms with Gasteiger partial charge in [0.2, 0.25) is 11.8 Å². The monoisotopic (exact) mass is 466 g/mol. The second-order valence-electron chi connectivity index (χ2n) is 6.79. The number of aryl methyl sites for hydroxylation is 1. The van der Waals surface area contributed by atoms with Crippen LogP contribution in [-0.4, -0.2) is 17.3 Å². The molecule has 0 radical (unpaired) electrons. The number of nitriles is 1. The van der Waals surface area contributed by atoms with Gasteiger partial charge in [-0.05, 0) is 30.7 Å². The SMILES string of the molecule is COc1cccc(C2C(C#N)=C(N)Oc3n[nH]c(C)c32)c1OCc1ccc(Br)cc1. The third kappa shape index (κ3) is 3.48. The Morgan fingerprint density at radius 1 is 1.27 bits per heavy atom. The van der Waals surface area contributed by atoms with Crippen LogP contribution in [0.3, 0.4) is 0 Å². The highest BCUT2D eigenvalue weighted by Crippen LogP contribution is 2.47. The smallest absolute Gasteiger partial charge is 0.244 e. The minimum Gasteiger partial charge on any atom is -0.493 e. The lowest BCUT2D eigenvalue weighted by atomic mass is 9.83. The highest BCUT2D eigenvalue weighted by Gasteiger charge is 2.36. The predicted octanol–water partition coefficient (Wildman–Crippen LogP) is 4.29. The molecule has 1 aliphatic rings. The first-order valence-electron chi connectivity index (χ1n) is 9.20. The van der Waals surface area contributed by atoms with Crippen LogP contribution < -0.4 is 19.9 Å². The highest BCUT2D eigenvalue weighted by molar-refractivity contribution is 9.10. The maximum absolute atomic E-state index is 9.82. The minimum atomic E-state index is -0.493. The van der Waals surface area contributed by atoms with Gasteiger partial charge < -0.3 is 19.9 Å². The lowest BCUT2D eigenvalue weighted by molar-refractivity contribution is 0.280. The molecular formula is C22H19BrN4O3. The molecule has 152 valence electrons. The summed E-state index contributed by atoms with van der Waals surface area (Å²) in [6.45, 7) is 2.21. The number of aromatic nitrogens is 2. The van der Waals surface area contributed by atoms with E-state index in [4.69, 9.17) is 19.9 Å². The zero-order chi connectivity index (χ0) is 21.3. The topological polar surface area (TPSA) is 106 Å². The number of benzene rings is 2. The molecule has 0 saturated heterocycles. The number of para-hydroxylation sites is 1. The summed E-state index contributed by atoms with van der Waals surface area (Å²) in [6, 6.07) is 15.6. The lowest BCUT2D eigenvalue weighted by Crippen LogP contribution is -2.21. The molecule has 0 bridgehead atoms. The van der Waals surface area contributed by atoms with E-state index in [1.807, 2.05) is 49.4 Å². The minimum absolute atomic E-state index is 0.0307. The molecule has 0 aliphatic carbocycles. The Morgan fingerprint density at radius 2 is 2.03 bits per heavy atom. The Kier molecular flexibility index (Phi) is 5.38. The molecule has 4 rings (SSSR count). The second-order valence-corrected chi connectivity index (χ2v) is 7.70. The maximum atomic E-state index is 9.82. The molecule has 1 atom stereocenters. The number of halogens is 1. The van der Waals surface area contributed by atoms with Crippen molar-refractivity contribution >= 4 is 15.9 Å². The van der Waals surface area contributed by atoms with E-state index in [-0.39, 0.29) is 5.88 Å². The molecule has 0 fully saturated rings. The van der Waals surface area contributed by atoms with Gasteiger partial charge in [0.1, 0.15) is 18.2 Å². The number of nitrogens with zero attached hydrogens (tertiary/aromatic N) is 2. The summed E-state index contributed by atoms with van der Waals surface area (Å²) >= 11 is 3.44. The maximum Gasteiger partial charge on any atom is 0.244 e. The average Bonchev–Trinajstić information content (AvgIpc) is 3.12. The third-order valence-corrected chi connectivity index (χ3v) is 5.49. The zero-order valence-electron chi connectivity index (χ0n) is 16.4. The van der Waals surface area contributed by atoms with Crippen molar-refractivity contribution in [3.63, 3.8) is 0 Å². The molecule has 0 spiro atoms. The van der Waals surface area contributed by atoms with Gasteiger partial charge in [-0.25, -0.2) is 0 Å². The van der Waals surface area contributed by atoms with E-state index in [1.54, 1.807) is 7.11 Å². The van der Waals surface area contributed by atoms with E-state index in [1.165, 1.54) is 0 Å². The summed E-state index contributed by atoms with van der Waals surface area (Å²) in [6.07, 6.45) is 0. The van der Waals surface area contributed by atoms with E-state index >= 15 is 0 Å². The van der Waals surface area contributed by atoms with Crippen LogP contribution in [0.5, 0.6) is 17.4 Å². The molecule has 30 heavy (non-hydrogen) atoms. The van der Waals surface area contributed by atoms with Crippen molar-refractivity contribution in [2.24, 2.45) is 5.73 Å². The van der Waals surface area contributed by atoms with Crippen LogP contribution in [0.1, 0.15) is 28.3 Å². The largest absolute Gasteiger partial charge is 0.493 e. The molecule has 0 saturated carbocycles. The van der Waals surface area contributed by atoms with Gasteiger partial charge in [-0.1, -0.05) is 40.2 Å². The number of fused-ring (bicyclic) bond motifs is 1. The molecule has 3 N–H and O–H groups in total. The van der Waals surface area contributed by atoms with Crippen LogP contribution in [0.25, 0.3) is 0 Å². The first-order chi connectivity index (χ1) is 14.5. The summed E-state index contributed by atoms with van der Waals surface area (Å²) in [5.74, 6) is 1.00. The summed E-state index contributed by atoms with van der Waals surface area (Å²) in [7, 11) is 1.58. The number of aromatic amines is 1. The number of hydrogen-bond acceptors (Lipinski definition) is 6. The number of nitrogens with two attached hydrogens (primary N) is 1. The second kappa shape index (κ2) is 8.13. The number of nitrogens with one attached hydrogen (secondary N) is 1. The Bertz CT molecular complexity index is 1160. The van der Waals surface area contributed by atoms with Gasteiger partial charge in [-0.2, -0.15) is 5.26 Å². The van der Waals surface area contributed by atoms with Crippen molar-refractivity contribution in [1.29, 1.82) is 5.26 Å². The van der Waals surface area contributed by atoms with E-state index in [0.717, 1.165) is 26.9 Å². The van der Waals surface area contributed by atoms with Crippen LogP contribution in [-0.2, 0) is 6.61 Å². The molecule has 8 heteroatoms. The van der Waals surface area contributed by atoms with Gasteiger partial charge in [0.05, 0.1) is 13.0 Å². The van der Waals surface area contributed by atoms with Crippen molar-refractivity contribution < 1.29 is 14.2 Å². The Labute approximate surface area is 182 Å². The fraction of sp³-hybridized carbons (Fsp3) is 0.182. The number of ether oxygens (including phenoxy) is 3. The standard InChI is InChI=1S/C22H19BrN4O3/c1-12-18-19(16(10-24)21(25)30-22(18)27-26-12)15-4-3-5-17(28-2)20(15)29-11-13-6-8-14(23)9-7-13/h3-9,19H,11,25H2,1-2H3,(H,26,27). The number of H-pyrrole nitrogens is 1. The van der Waals surface area contributed by atoms with E-state index in [0.29, 0.717) is 29.6 Å². The molecule has 2 aromatic carbocycles. The molecule has 1 unspecified atom stereocenters. The van der Waals surface area contributed by atoms with Crippen LogP contribution in [0.2, 0.25) is 0 Å². The van der Waals surface area contributed by atoms with Crippen molar-refractivity contribution in [2.75, 3.05) is 7.11 Å². The fourth-order valence-electron chi connectivity index (χ4n) is 3.52. The Balaban J connectivity index is 1.81. The molecule has 0 amide bonds. The number of methoxy groups -OCH3 is 1. The first kappa shape index (κ1) is 19.9. The van der Waals surface area contributed by atoms with E-state index in [9.17, 15) is 5.26 Å². The van der Waals surface area contributed by atoms with Gasteiger partial charge in [0, 0.05) is 21.3 Å². The van der Waals surface area contributed by atoms with Gasteiger partial charge in [0.25, 0.3) is 0 Å². The first-order valence-corrected chi connectivity index (χ1v) is 9.99. The van der Waals surface area contributed by atoms with Crippen molar-refractivity contribution in [3.05, 3.63) is 80.8 Å². The zero-order valence-corrected chi connectivity index (χ0v) is 18.0. The van der Waals surface area contributed by atoms with Gasteiger partial charge in [0.15, 0.2) is 11.5 Å². The molecule has 1 aliphatic heterocycles. The predicted molar refractivity (Wildman–Crippen MR) is 114 cm³/mol. The quantitative estimate of drug-likeness (QED) is 0.580. The summed E-state index contributed by atoms with van der Waals surface area (Å²) in [5, 5.41) is 16.9. The molecule has 3 aromatic rings. The van der Waals surface area contributed by atoms with E-state index in [2.05, 4.69) is 32.2 Å². The van der Waals surface area contributed by atoms with Crippen molar-refractivity contribution in [3.8, 4) is 23.4 Å². The van der Waals surface area contributed by atoms with Crippen molar-refractivity contribution in [2.45, 2.75) is 19.4 Å². The van der Waals surface area contributed by atoms with Crippen LogP contribution in [0, 0.1) is 18.3 Å². The van der Waals surface area contributed by atoms with Gasteiger partial charge in [-0.3, -0.25) is 5.10 Å². The van der Waals surface area contributed by atoms with Crippen LogP contribution in [0.4, 0.5) is 0 Å². The van der Waals surface area contributed by atoms with Gasteiger partial charge >= 0.3 is 0 Å². The summed E-state index contributed by atoms with van der Waals surface area (Å²) < 4.78 is 18.3. The summed E-state index contributed by atoms with van der Waals surface area (Å²) in [5.41, 5.74) is 9.63. The molecular weight excluding hydrogens is 448 g/mol. The Hall–Kier alpha value is -3.44. The average molecular weight is 467 g/mol. The highest BCUT2D eigenvalue weighted by atomic mass is 79.9. The van der Waals surface area contributed by atoms with Crippen LogP contribution >= 0.6 is 15.9 Å². The van der Waals surface area contributed by atoms with Gasteiger partial charge in [-0.15, -0.1) is 5.10 Å². The summed E-state index contributed by atoms with van der Waals surface area (Å²) in [4.78, 5) is 0. The number of hydrogen-bond donors (Lipinski definition) is 2. The fourth-order valence-corrected chi connectivity index (χ4v) is 3.79.